The highest BCUT2D eigenvalue weighted by molar-refractivity contribution is 5.98. The minimum atomic E-state index is -0.223. The van der Waals surface area contributed by atoms with Gasteiger partial charge in [0, 0.05) is 26.0 Å². The van der Waals surface area contributed by atoms with E-state index in [9.17, 15) is 4.79 Å². The van der Waals surface area contributed by atoms with Gasteiger partial charge in [0.05, 0.1) is 5.41 Å². The van der Waals surface area contributed by atoms with Crippen LogP contribution >= 0.6 is 0 Å². The fourth-order valence-corrected chi connectivity index (χ4v) is 2.22. The Kier molecular flexibility index (Phi) is 2.61. The normalized spacial score (nSPS) is 25.7. The van der Waals surface area contributed by atoms with Gasteiger partial charge < -0.3 is 9.88 Å². The summed E-state index contributed by atoms with van der Waals surface area (Å²) in [5, 5.41) is 3.27. The summed E-state index contributed by atoms with van der Waals surface area (Å²) >= 11 is 0. The Morgan fingerprint density at radius 1 is 1.73 bits per heavy atom. The number of Topliss-reactive ketones (excluding diaryl/α,β-unsaturated/α-hetero) is 1. The molecular weight excluding hydrogens is 190 g/mol. The van der Waals surface area contributed by atoms with Crippen molar-refractivity contribution in [1.82, 2.24) is 14.9 Å². The van der Waals surface area contributed by atoms with E-state index >= 15 is 0 Å². The Bertz CT molecular complexity index is 364. The first-order valence-corrected chi connectivity index (χ1v) is 5.42. The van der Waals surface area contributed by atoms with Gasteiger partial charge in [0.15, 0.2) is 5.82 Å². The minimum Gasteiger partial charge on any atom is -0.332 e. The molecular formula is C11H17N3O. The lowest BCUT2D eigenvalue weighted by Gasteiger charge is -2.24. The predicted molar refractivity (Wildman–Crippen MR) is 57.7 cm³/mol. The van der Waals surface area contributed by atoms with Crippen LogP contribution in [0.4, 0.5) is 0 Å². The number of aromatic nitrogens is 2. The zero-order valence-corrected chi connectivity index (χ0v) is 9.29. The van der Waals surface area contributed by atoms with Crippen LogP contribution in [0, 0.1) is 5.41 Å². The van der Waals surface area contributed by atoms with Crippen LogP contribution in [-0.4, -0.2) is 28.4 Å². The van der Waals surface area contributed by atoms with E-state index in [1.165, 1.54) is 0 Å². The molecule has 0 aromatic carbocycles. The van der Waals surface area contributed by atoms with Crippen molar-refractivity contribution in [3.63, 3.8) is 0 Å². The molecule has 1 saturated heterocycles. The fourth-order valence-electron chi connectivity index (χ4n) is 2.22. The minimum absolute atomic E-state index is 0.183. The molecule has 0 saturated carbocycles. The average molecular weight is 207 g/mol. The Morgan fingerprint density at radius 3 is 3.00 bits per heavy atom. The molecule has 2 rings (SSSR count). The predicted octanol–water partition coefficient (Wildman–Crippen LogP) is 0.992. The van der Waals surface area contributed by atoms with Gasteiger partial charge in [0.2, 0.25) is 5.78 Å². The summed E-state index contributed by atoms with van der Waals surface area (Å²) in [6, 6.07) is 0. The van der Waals surface area contributed by atoms with Crippen molar-refractivity contribution in [2.24, 2.45) is 12.5 Å². The lowest BCUT2D eigenvalue weighted by atomic mass is 9.79. The summed E-state index contributed by atoms with van der Waals surface area (Å²) in [5.41, 5.74) is -0.223. The van der Waals surface area contributed by atoms with Gasteiger partial charge in [0.1, 0.15) is 0 Å². The second kappa shape index (κ2) is 3.77. The first-order valence-electron chi connectivity index (χ1n) is 5.42. The van der Waals surface area contributed by atoms with Gasteiger partial charge in [-0.05, 0) is 19.4 Å². The maximum absolute atomic E-state index is 12.4. The lowest BCUT2D eigenvalue weighted by molar-refractivity contribution is 0.0795. The number of rotatable bonds is 3. The summed E-state index contributed by atoms with van der Waals surface area (Å²) in [6.45, 7) is 3.80. The van der Waals surface area contributed by atoms with Crippen LogP contribution in [-0.2, 0) is 7.05 Å². The van der Waals surface area contributed by atoms with Crippen molar-refractivity contribution in [2.45, 2.75) is 19.8 Å². The molecule has 4 nitrogen and oxygen atoms in total. The van der Waals surface area contributed by atoms with Crippen molar-refractivity contribution in [1.29, 1.82) is 0 Å². The van der Waals surface area contributed by atoms with Gasteiger partial charge in [-0.3, -0.25) is 4.79 Å². The fraction of sp³-hybridized carbons (Fsp3) is 0.636. The van der Waals surface area contributed by atoms with Crippen LogP contribution in [0.3, 0.4) is 0 Å². The Labute approximate surface area is 89.7 Å². The number of nitrogens with one attached hydrogen (secondary N) is 1. The number of hydrogen-bond donors (Lipinski definition) is 1. The molecule has 0 bridgehead atoms. The molecule has 1 atom stereocenters. The van der Waals surface area contributed by atoms with Crippen molar-refractivity contribution < 1.29 is 4.79 Å². The zero-order chi connectivity index (χ0) is 10.9. The van der Waals surface area contributed by atoms with E-state index in [1.807, 2.05) is 13.2 Å². The summed E-state index contributed by atoms with van der Waals surface area (Å²) in [7, 11) is 1.87. The van der Waals surface area contributed by atoms with Crippen molar-refractivity contribution >= 4 is 5.78 Å². The summed E-state index contributed by atoms with van der Waals surface area (Å²) in [6.07, 6.45) is 5.30. The maximum atomic E-state index is 12.4. The van der Waals surface area contributed by atoms with Gasteiger partial charge in [0.25, 0.3) is 0 Å². The van der Waals surface area contributed by atoms with Crippen molar-refractivity contribution in [3.05, 3.63) is 18.2 Å². The summed E-state index contributed by atoms with van der Waals surface area (Å²) in [5.74, 6) is 0.767. The smallest absolute Gasteiger partial charge is 0.205 e. The third-order valence-corrected chi connectivity index (χ3v) is 3.43. The molecule has 0 aliphatic carbocycles. The van der Waals surface area contributed by atoms with Gasteiger partial charge in [-0.1, -0.05) is 6.92 Å². The van der Waals surface area contributed by atoms with Crippen LogP contribution in [0.15, 0.2) is 12.4 Å². The van der Waals surface area contributed by atoms with Crippen LogP contribution in [0.5, 0.6) is 0 Å². The van der Waals surface area contributed by atoms with Crippen molar-refractivity contribution in [3.8, 4) is 0 Å². The first kappa shape index (κ1) is 10.4. The number of carbonyl (C=O) groups is 1. The molecule has 1 aliphatic rings. The molecule has 4 heteroatoms. The monoisotopic (exact) mass is 207 g/mol. The maximum Gasteiger partial charge on any atom is 0.205 e. The molecule has 1 unspecified atom stereocenters. The highest BCUT2D eigenvalue weighted by Gasteiger charge is 2.41. The molecule has 0 spiro atoms. The molecule has 0 radical (unpaired) electrons. The second-order valence-electron chi connectivity index (χ2n) is 4.25. The Hall–Kier alpha value is -1.16. The van der Waals surface area contributed by atoms with Crippen LogP contribution < -0.4 is 5.32 Å². The molecule has 1 aliphatic heterocycles. The highest BCUT2D eigenvalue weighted by Crippen LogP contribution is 2.32. The standard InChI is InChI=1S/C11H17N3O/c1-3-11(4-5-12-8-11)9(15)10-13-6-7-14(10)2/h6-7,12H,3-5,8H2,1-2H3. The van der Waals surface area contributed by atoms with Gasteiger partial charge in [-0.2, -0.15) is 0 Å². The second-order valence-corrected chi connectivity index (χ2v) is 4.25. The third-order valence-electron chi connectivity index (χ3n) is 3.43. The number of aryl methyl sites for hydroxylation is 1. The molecule has 1 aromatic heterocycles. The van der Waals surface area contributed by atoms with Gasteiger partial charge in [-0.25, -0.2) is 4.98 Å². The molecule has 15 heavy (non-hydrogen) atoms. The van der Waals surface area contributed by atoms with Gasteiger partial charge >= 0.3 is 0 Å². The molecule has 1 N–H and O–H groups in total. The van der Waals surface area contributed by atoms with Crippen LogP contribution in [0.1, 0.15) is 30.4 Å². The summed E-state index contributed by atoms with van der Waals surface area (Å²) < 4.78 is 1.80. The Morgan fingerprint density at radius 2 is 2.53 bits per heavy atom. The largest absolute Gasteiger partial charge is 0.332 e. The van der Waals surface area contributed by atoms with Crippen LogP contribution in [0.25, 0.3) is 0 Å². The van der Waals surface area contributed by atoms with Crippen LogP contribution in [0.2, 0.25) is 0 Å². The molecule has 1 fully saturated rings. The van der Waals surface area contributed by atoms with E-state index < -0.39 is 0 Å². The lowest BCUT2D eigenvalue weighted by Crippen LogP contribution is -2.34. The third kappa shape index (κ3) is 1.59. The average Bonchev–Trinajstić information content (AvgIpc) is 2.86. The van der Waals surface area contributed by atoms with E-state index in [1.54, 1.807) is 10.8 Å². The van der Waals surface area contributed by atoms with E-state index in [0.717, 1.165) is 25.9 Å². The van der Waals surface area contributed by atoms with E-state index in [0.29, 0.717) is 5.82 Å². The number of hydrogen-bond acceptors (Lipinski definition) is 3. The number of imidazole rings is 1. The topological polar surface area (TPSA) is 46.9 Å². The quantitative estimate of drug-likeness (QED) is 0.752. The van der Waals surface area contributed by atoms with Crippen molar-refractivity contribution in [2.75, 3.05) is 13.1 Å². The first-order chi connectivity index (χ1) is 7.19. The van der Waals surface area contributed by atoms with E-state index in [2.05, 4.69) is 17.2 Å². The number of carbonyl (C=O) groups excluding carboxylic acids is 1. The summed E-state index contributed by atoms with van der Waals surface area (Å²) in [4.78, 5) is 16.5. The Balaban J connectivity index is 2.30. The number of ketones is 1. The molecule has 82 valence electrons. The molecule has 1 aromatic rings. The molecule has 0 amide bonds. The SMILES string of the molecule is CCC1(C(=O)c2nccn2C)CCNC1. The van der Waals surface area contributed by atoms with E-state index in [4.69, 9.17) is 0 Å². The zero-order valence-electron chi connectivity index (χ0n) is 9.29. The van der Waals surface area contributed by atoms with E-state index in [-0.39, 0.29) is 11.2 Å². The highest BCUT2D eigenvalue weighted by atomic mass is 16.1. The number of nitrogens with zero attached hydrogens (tertiary/aromatic N) is 2. The van der Waals surface area contributed by atoms with Gasteiger partial charge in [-0.15, -0.1) is 0 Å². The molecule has 2 heterocycles.